The molecule has 22 heavy (non-hydrogen) atoms. The van der Waals surface area contributed by atoms with Crippen molar-refractivity contribution in [3.8, 4) is 11.1 Å². The van der Waals surface area contributed by atoms with E-state index < -0.39 is 0 Å². The van der Waals surface area contributed by atoms with Crippen LogP contribution in [-0.2, 0) is 11.3 Å². The maximum Gasteiger partial charge on any atom is 0.243 e. The van der Waals surface area contributed by atoms with Crippen LogP contribution in [0.4, 0.5) is 0 Å². The third-order valence-electron chi connectivity index (χ3n) is 3.34. The lowest BCUT2D eigenvalue weighted by molar-refractivity contribution is -0.129. The van der Waals surface area contributed by atoms with E-state index in [1.807, 2.05) is 24.3 Å². The van der Waals surface area contributed by atoms with Crippen molar-refractivity contribution < 1.29 is 10.0 Å². The Hall–Kier alpha value is -1.88. The highest BCUT2D eigenvalue weighted by Crippen LogP contribution is 2.21. The smallest absolute Gasteiger partial charge is 0.243 e. The van der Waals surface area contributed by atoms with Crippen molar-refractivity contribution in [2.75, 3.05) is 6.54 Å². The number of nitrogens with one attached hydrogen (secondary N) is 2. The van der Waals surface area contributed by atoms with Crippen LogP contribution in [0.1, 0.15) is 18.4 Å². The summed E-state index contributed by atoms with van der Waals surface area (Å²) >= 11 is 5.89. The number of amides is 1. The van der Waals surface area contributed by atoms with Gasteiger partial charge in [0, 0.05) is 18.0 Å². The van der Waals surface area contributed by atoms with E-state index in [0.29, 0.717) is 12.8 Å². The summed E-state index contributed by atoms with van der Waals surface area (Å²) in [5.41, 5.74) is 5.10. The minimum atomic E-state index is -0.353. The highest BCUT2D eigenvalue weighted by Gasteiger charge is 2.00. The first-order valence-corrected chi connectivity index (χ1v) is 7.55. The van der Waals surface area contributed by atoms with Crippen LogP contribution >= 0.6 is 11.6 Å². The van der Waals surface area contributed by atoms with E-state index in [1.165, 1.54) is 5.56 Å². The zero-order valence-corrected chi connectivity index (χ0v) is 12.9. The zero-order chi connectivity index (χ0) is 15.8. The van der Waals surface area contributed by atoms with Crippen LogP contribution in [0.15, 0.2) is 48.5 Å². The van der Waals surface area contributed by atoms with Crippen LogP contribution < -0.4 is 10.8 Å². The van der Waals surface area contributed by atoms with E-state index in [1.54, 1.807) is 5.48 Å². The Bertz CT molecular complexity index is 597. The second-order valence-corrected chi connectivity index (χ2v) is 5.46. The molecule has 0 heterocycles. The minimum Gasteiger partial charge on any atom is -0.313 e. The molecule has 0 fully saturated rings. The fourth-order valence-electron chi connectivity index (χ4n) is 2.12. The summed E-state index contributed by atoms with van der Waals surface area (Å²) in [5, 5.41) is 12.4. The molecule has 0 unspecified atom stereocenters. The quantitative estimate of drug-likeness (QED) is 0.416. The Kier molecular flexibility index (Phi) is 6.40. The zero-order valence-electron chi connectivity index (χ0n) is 12.2. The molecule has 0 spiro atoms. The van der Waals surface area contributed by atoms with Gasteiger partial charge < -0.3 is 5.32 Å². The van der Waals surface area contributed by atoms with Gasteiger partial charge in [-0.2, -0.15) is 0 Å². The summed E-state index contributed by atoms with van der Waals surface area (Å²) in [4.78, 5) is 10.8. The van der Waals surface area contributed by atoms with Gasteiger partial charge in [-0.3, -0.25) is 10.0 Å². The van der Waals surface area contributed by atoms with E-state index in [2.05, 4.69) is 29.6 Å². The number of halogens is 1. The van der Waals surface area contributed by atoms with Crippen molar-refractivity contribution in [2.24, 2.45) is 0 Å². The van der Waals surface area contributed by atoms with Crippen molar-refractivity contribution in [1.82, 2.24) is 10.8 Å². The Morgan fingerprint density at radius 1 is 1.00 bits per heavy atom. The molecule has 3 N–H and O–H groups in total. The standard InChI is InChI=1S/C17H19ClN2O2/c18-16-9-7-15(8-10-16)14-5-3-13(4-6-14)12-19-11-1-2-17(21)20-22/h3-10,19,22H,1-2,11-12H2,(H,20,21). The van der Waals surface area contributed by atoms with Gasteiger partial charge >= 0.3 is 0 Å². The molecule has 116 valence electrons. The molecule has 0 saturated heterocycles. The SMILES string of the molecule is O=C(CCCNCc1ccc(-c2ccc(Cl)cc2)cc1)NO. The van der Waals surface area contributed by atoms with Gasteiger partial charge in [-0.25, -0.2) is 5.48 Å². The molecule has 0 aliphatic carbocycles. The van der Waals surface area contributed by atoms with Gasteiger partial charge in [0.25, 0.3) is 0 Å². The molecule has 0 bridgehead atoms. The van der Waals surface area contributed by atoms with Crippen LogP contribution in [-0.4, -0.2) is 17.7 Å². The highest BCUT2D eigenvalue weighted by atomic mass is 35.5. The van der Waals surface area contributed by atoms with Crippen molar-refractivity contribution in [2.45, 2.75) is 19.4 Å². The average molecular weight is 319 g/mol. The second-order valence-electron chi connectivity index (χ2n) is 5.02. The monoisotopic (exact) mass is 318 g/mol. The van der Waals surface area contributed by atoms with E-state index in [4.69, 9.17) is 16.8 Å². The van der Waals surface area contributed by atoms with Gasteiger partial charge in [0.05, 0.1) is 0 Å². The molecule has 1 amide bonds. The van der Waals surface area contributed by atoms with Gasteiger partial charge in [-0.15, -0.1) is 0 Å². The Labute approximate surface area is 135 Å². The molecule has 0 aliphatic heterocycles. The van der Waals surface area contributed by atoms with Gasteiger partial charge in [0.15, 0.2) is 0 Å². The Balaban J connectivity index is 1.79. The molecule has 2 aromatic carbocycles. The predicted molar refractivity (Wildman–Crippen MR) is 87.8 cm³/mol. The number of hydrogen-bond donors (Lipinski definition) is 3. The number of rotatable bonds is 7. The fourth-order valence-corrected chi connectivity index (χ4v) is 2.25. The number of benzene rings is 2. The largest absolute Gasteiger partial charge is 0.313 e. The summed E-state index contributed by atoms with van der Waals surface area (Å²) < 4.78 is 0. The van der Waals surface area contributed by atoms with Gasteiger partial charge in [0.1, 0.15) is 0 Å². The first-order valence-electron chi connectivity index (χ1n) is 7.17. The number of hydroxylamine groups is 1. The lowest BCUT2D eigenvalue weighted by atomic mass is 10.0. The van der Waals surface area contributed by atoms with Crippen LogP contribution in [0.5, 0.6) is 0 Å². The maximum absolute atomic E-state index is 10.8. The summed E-state index contributed by atoms with van der Waals surface area (Å²) in [7, 11) is 0. The van der Waals surface area contributed by atoms with Crippen molar-refractivity contribution >= 4 is 17.5 Å². The molecular formula is C17H19ClN2O2. The summed E-state index contributed by atoms with van der Waals surface area (Å²) in [6, 6.07) is 16.1. The van der Waals surface area contributed by atoms with E-state index in [-0.39, 0.29) is 5.91 Å². The van der Waals surface area contributed by atoms with Gasteiger partial charge in [-0.1, -0.05) is 48.0 Å². The fraction of sp³-hybridized carbons (Fsp3) is 0.235. The third-order valence-corrected chi connectivity index (χ3v) is 3.59. The first kappa shape index (κ1) is 16.5. The molecule has 0 radical (unpaired) electrons. The molecule has 0 aromatic heterocycles. The van der Waals surface area contributed by atoms with Crippen LogP contribution in [0.25, 0.3) is 11.1 Å². The molecule has 2 rings (SSSR count). The molecule has 5 heteroatoms. The van der Waals surface area contributed by atoms with Crippen LogP contribution in [0, 0.1) is 0 Å². The van der Waals surface area contributed by atoms with E-state index in [0.717, 1.165) is 29.2 Å². The number of hydrogen-bond acceptors (Lipinski definition) is 3. The van der Waals surface area contributed by atoms with Gasteiger partial charge in [-0.05, 0) is 41.8 Å². The van der Waals surface area contributed by atoms with Crippen molar-refractivity contribution in [3.63, 3.8) is 0 Å². The summed E-state index contributed by atoms with van der Waals surface area (Å²) in [5.74, 6) is -0.353. The van der Waals surface area contributed by atoms with Crippen LogP contribution in [0.3, 0.4) is 0 Å². The number of carbonyl (C=O) groups is 1. The molecule has 0 saturated carbocycles. The third kappa shape index (κ3) is 5.15. The normalized spacial score (nSPS) is 10.5. The van der Waals surface area contributed by atoms with Crippen molar-refractivity contribution in [1.29, 1.82) is 0 Å². The predicted octanol–water partition coefficient (Wildman–Crippen LogP) is 3.38. The molecule has 0 aliphatic rings. The van der Waals surface area contributed by atoms with Crippen molar-refractivity contribution in [3.05, 3.63) is 59.1 Å². The lowest BCUT2D eigenvalue weighted by Crippen LogP contribution is -2.21. The molecule has 2 aromatic rings. The lowest BCUT2D eigenvalue weighted by Gasteiger charge is -2.06. The highest BCUT2D eigenvalue weighted by molar-refractivity contribution is 6.30. The topological polar surface area (TPSA) is 61.4 Å². The first-order chi connectivity index (χ1) is 10.7. The maximum atomic E-state index is 10.8. The minimum absolute atomic E-state index is 0.318. The second kappa shape index (κ2) is 8.54. The van der Waals surface area contributed by atoms with Crippen LogP contribution in [0.2, 0.25) is 5.02 Å². The summed E-state index contributed by atoms with van der Waals surface area (Å²) in [6.07, 6.45) is 1.01. The molecule has 4 nitrogen and oxygen atoms in total. The van der Waals surface area contributed by atoms with Gasteiger partial charge in [0.2, 0.25) is 5.91 Å². The number of carbonyl (C=O) groups excluding carboxylic acids is 1. The molecule has 0 atom stereocenters. The molecular weight excluding hydrogens is 300 g/mol. The van der Waals surface area contributed by atoms with E-state index in [9.17, 15) is 4.79 Å². The summed E-state index contributed by atoms with van der Waals surface area (Å²) in [6.45, 7) is 1.48. The Morgan fingerprint density at radius 3 is 2.18 bits per heavy atom. The Morgan fingerprint density at radius 2 is 1.59 bits per heavy atom. The van der Waals surface area contributed by atoms with E-state index >= 15 is 0 Å². The average Bonchev–Trinajstić information content (AvgIpc) is 2.55.